The third-order valence-corrected chi connectivity index (χ3v) is 14.1. The van der Waals surface area contributed by atoms with E-state index in [0.29, 0.717) is 41.5 Å². The van der Waals surface area contributed by atoms with Crippen LogP contribution >= 0.6 is 31.6 Å². The molecule has 4 amide bonds. The van der Waals surface area contributed by atoms with E-state index in [-0.39, 0.29) is 34.8 Å². The second kappa shape index (κ2) is 20.9. The van der Waals surface area contributed by atoms with E-state index in [4.69, 9.17) is 9.47 Å². The average Bonchev–Trinajstić information content (AvgIpc) is 3.45. The molecule has 2 aromatic heterocycles. The van der Waals surface area contributed by atoms with Crippen LogP contribution in [0, 0.1) is 0 Å². The number of benzene rings is 2. The van der Waals surface area contributed by atoms with Crippen molar-refractivity contribution >= 4 is 54.4 Å². The van der Waals surface area contributed by atoms with Gasteiger partial charge in [0.05, 0.1) is 16.6 Å². The summed E-state index contributed by atoms with van der Waals surface area (Å²) in [6.45, 7) is 4.31. The second-order valence-corrected chi connectivity index (χ2v) is 19.3. The van der Waals surface area contributed by atoms with Crippen molar-refractivity contribution in [3.63, 3.8) is 0 Å². The van der Waals surface area contributed by atoms with Crippen molar-refractivity contribution in [2.45, 2.75) is 56.3 Å². The number of ether oxygens (including phenoxy) is 2. The summed E-state index contributed by atoms with van der Waals surface area (Å²) in [6.07, 6.45) is 8.31. The van der Waals surface area contributed by atoms with Gasteiger partial charge in [-0.1, -0.05) is 50.2 Å². The molecule has 0 bridgehead atoms. The standard InChI is InChI=1S/C20H24N2O4S.C19H22N2O4S2/c1-3-14-6-9-17(21-11-14)18(24)12-26-16-7-4-15(5-8-16)10-19(27-2)20(25)22-13-23;1-3-13-6-9-16(20-10-13)17(22)11-25-15-7-4-14(5-8-15)12-27(2)19(24)21-18(23)26-27/h4-9,11,13,18-19,24H,3,10,12H2,1-2H3,(H,22,23,25);4-10,17,22H,3,11-12H2,1-2H3,(H,21,23,24). The maximum absolute atomic E-state index is 12.0. The van der Waals surface area contributed by atoms with Crippen LogP contribution in [0.3, 0.4) is 0 Å². The minimum Gasteiger partial charge on any atom is -0.490 e. The molecular formula is C39H46N4O8S3. The highest BCUT2D eigenvalue weighted by Gasteiger charge is 2.39. The van der Waals surface area contributed by atoms with Crippen LogP contribution < -0.4 is 20.1 Å². The Labute approximate surface area is 325 Å². The van der Waals surface area contributed by atoms with Crippen LogP contribution in [0.5, 0.6) is 11.5 Å². The number of pyridine rings is 2. The van der Waals surface area contributed by atoms with Gasteiger partial charge in [-0.3, -0.25) is 39.8 Å². The number of carbonyl (C=O) groups excluding carboxylic acids is 4. The van der Waals surface area contributed by atoms with Crippen LogP contribution in [0.15, 0.2) is 85.2 Å². The molecule has 1 saturated heterocycles. The Balaban J connectivity index is 0.000000241. The zero-order chi connectivity index (χ0) is 39.1. The number of nitrogens with zero attached hydrogens (tertiary/aromatic N) is 2. The summed E-state index contributed by atoms with van der Waals surface area (Å²) in [7, 11) is -0.635. The summed E-state index contributed by atoms with van der Waals surface area (Å²) in [5.41, 5.74) is 5.32. The smallest absolute Gasteiger partial charge is 0.295 e. The monoisotopic (exact) mass is 794 g/mol. The highest BCUT2D eigenvalue weighted by molar-refractivity contribution is 9.04. The minimum atomic E-state index is -1.74. The Morgan fingerprint density at radius 1 is 0.833 bits per heavy atom. The molecule has 0 aliphatic carbocycles. The van der Waals surface area contributed by atoms with Crippen LogP contribution in [-0.4, -0.2) is 74.0 Å². The van der Waals surface area contributed by atoms with Crippen molar-refractivity contribution in [2.24, 2.45) is 0 Å². The van der Waals surface area contributed by atoms with Crippen molar-refractivity contribution in [1.82, 2.24) is 20.6 Å². The van der Waals surface area contributed by atoms with Crippen LogP contribution in [0.1, 0.15) is 59.7 Å². The first kappa shape index (κ1) is 42.3. The van der Waals surface area contributed by atoms with Gasteiger partial charge in [0.25, 0.3) is 10.5 Å². The Bertz CT molecular complexity index is 1830. The number of amides is 4. The number of rotatable bonds is 17. The topological polar surface area (TPSA) is 177 Å². The number of nitrogens with one attached hydrogen (secondary N) is 2. The number of hydrogen-bond acceptors (Lipinski definition) is 12. The predicted molar refractivity (Wildman–Crippen MR) is 215 cm³/mol. The van der Waals surface area contributed by atoms with E-state index in [0.717, 1.165) is 45.9 Å². The molecule has 15 heteroatoms. The lowest BCUT2D eigenvalue weighted by molar-refractivity contribution is -0.124. The SMILES string of the molecule is CCc1ccc(C(O)COc2ccc(CC(SC)C(=O)NC=O)cc2)nc1.CCc1ccc(C(O)COc2ccc(CS3(C)SC(=O)NC3=O)cc2)nc1. The van der Waals surface area contributed by atoms with Gasteiger partial charge in [-0.25, -0.2) is 0 Å². The Morgan fingerprint density at radius 2 is 1.31 bits per heavy atom. The van der Waals surface area contributed by atoms with Crippen molar-refractivity contribution in [1.29, 1.82) is 0 Å². The van der Waals surface area contributed by atoms with Crippen LogP contribution in [0.2, 0.25) is 0 Å². The molecule has 4 atom stereocenters. The second-order valence-electron chi connectivity index (χ2n) is 12.3. The molecule has 1 fully saturated rings. The Kier molecular flexibility index (Phi) is 16.4. The molecule has 288 valence electrons. The first-order valence-electron chi connectivity index (χ1n) is 17.2. The quantitative estimate of drug-likeness (QED) is 0.0677. The molecule has 2 aromatic carbocycles. The highest BCUT2D eigenvalue weighted by Crippen LogP contribution is 2.63. The van der Waals surface area contributed by atoms with Crippen molar-refractivity contribution < 1.29 is 38.9 Å². The number of aromatic nitrogens is 2. The molecule has 0 spiro atoms. The number of aliphatic hydroxyl groups excluding tert-OH is 2. The van der Waals surface area contributed by atoms with Gasteiger partial charge >= 0.3 is 0 Å². The molecule has 1 aliphatic rings. The molecular weight excluding hydrogens is 749 g/mol. The maximum atomic E-state index is 12.0. The summed E-state index contributed by atoms with van der Waals surface area (Å²) in [5, 5.41) is 24.2. The van der Waals surface area contributed by atoms with E-state index < -0.39 is 21.3 Å². The summed E-state index contributed by atoms with van der Waals surface area (Å²) in [6, 6.07) is 22.2. The lowest BCUT2D eigenvalue weighted by atomic mass is 10.1. The average molecular weight is 795 g/mol. The fourth-order valence-electron chi connectivity index (χ4n) is 5.09. The Morgan fingerprint density at radius 3 is 1.70 bits per heavy atom. The number of hydrogen-bond donors (Lipinski definition) is 4. The van der Waals surface area contributed by atoms with Crippen molar-refractivity contribution in [3.8, 4) is 11.5 Å². The zero-order valence-corrected chi connectivity index (χ0v) is 33.0. The first-order chi connectivity index (χ1) is 26.0. The third kappa shape index (κ3) is 12.6. The molecule has 4 N–H and O–H groups in total. The lowest BCUT2D eigenvalue weighted by Crippen LogP contribution is -2.32. The van der Waals surface area contributed by atoms with E-state index in [1.165, 1.54) is 11.8 Å². The molecule has 1 aliphatic heterocycles. The van der Waals surface area contributed by atoms with E-state index in [2.05, 4.69) is 34.4 Å². The number of aryl methyl sites for hydroxylation is 2. The zero-order valence-electron chi connectivity index (χ0n) is 30.6. The fraction of sp³-hybridized carbons (Fsp3) is 0.333. The maximum Gasteiger partial charge on any atom is 0.295 e. The van der Waals surface area contributed by atoms with Gasteiger partial charge in [0, 0.05) is 18.1 Å². The van der Waals surface area contributed by atoms with Gasteiger partial charge in [-0.05, 0) is 101 Å². The first-order valence-corrected chi connectivity index (χ1v) is 22.1. The lowest BCUT2D eigenvalue weighted by Gasteiger charge is -2.24. The molecule has 3 heterocycles. The van der Waals surface area contributed by atoms with E-state index in [1.807, 2.05) is 61.0 Å². The highest BCUT2D eigenvalue weighted by atomic mass is 33.2. The number of carbonyl (C=O) groups is 4. The molecule has 0 saturated carbocycles. The largest absolute Gasteiger partial charge is 0.490 e. The molecule has 54 heavy (non-hydrogen) atoms. The van der Waals surface area contributed by atoms with E-state index >= 15 is 0 Å². The molecule has 0 radical (unpaired) electrons. The van der Waals surface area contributed by atoms with E-state index in [9.17, 15) is 29.4 Å². The molecule has 4 unspecified atom stereocenters. The fourth-order valence-corrected chi connectivity index (χ4v) is 9.73. The Hall–Kier alpha value is -4.41. The molecule has 12 nitrogen and oxygen atoms in total. The van der Waals surface area contributed by atoms with Crippen LogP contribution in [-0.2, 0) is 34.6 Å². The number of thioether (sulfide) groups is 1. The third-order valence-electron chi connectivity index (χ3n) is 8.35. The van der Waals surface area contributed by atoms with Crippen LogP contribution in [0.25, 0.3) is 0 Å². The van der Waals surface area contributed by atoms with Crippen molar-refractivity contribution in [2.75, 3.05) is 25.7 Å². The van der Waals surface area contributed by atoms with Gasteiger partial charge in [0.1, 0.15) is 36.9 Å². The van der Waals surface area contributed by atoms with Gasteiger partial charge in [0.15, 0.2) is 0 Å². The predicted octanol–water partition coefficient (Wildman–Crippen LogP) is 6.49. The van der Waals surface area contributed by atoms with Crippen LogP contribution in [0.4, 0.5) is 9.59 Å². The van der Waals surface area contributed by atoms with Gasteiger partial charge in [-0.15, -0.1) is 9.06 Å². The minimum absolute atomic E-state index is 0.104. The van der Waals surface area contributed by atoms with Gasteiger partial charge < -0.3 is 19.7 Å². The molecule has 5 rings (SSSR count). The summed E-state index contributed by atoms with van der Waals surface area (Å²) in [5.74, 6) is 1.48. The van der Waals surface area contributed by atoms with Crippen molar-refractivity contribution in [3.05, 3.63) is 119 Å². The summed E-state index contributed by atoms with van der Waals surface area (Å²) >= 11 is 1.39. The molecule has 4 aromatic rings. The van der Waals surface area contributed by atoms with Gasteiger partial charge in [0.2, 0.25) is 12.3 Å². The number of imide groups is 2. The number of aliphatic hydroxyl groups is 2. The summed E-state index contributed by atoms with van der Waals surface area (Å²) in [4.78, 5) is 54.1. The summed E-state index contributed by atoms with van der Waals surface area (Å²) < 4.78 is 11.3. The van der Waals surface area contributed by atoms with E-state index in [1.54, 1.807) is 36.7 Å². The normalized spacial score (nSPS) is 17.8. The van der Waals surface area contributed by atoms with Gasteiger partial charge in [-0.2, -0.15) is 11.8 Å².